The fraction of sp³-hybridized carbons (Fsp3) is 0.400. The molecule has 6 nitrogen and oxygen atoms in total. The van der Waals surface area contributed by atoms with E-state index in [2.05, 4.69) is 12.2 Å². The Bertz CT molecular complexity index is 1090. The molecule has 2 aromatic carbocycles. The summed E-state index contributed by atoms with van der Waals surface area (Å²) in [7, 11) is 0. The summed E-state index contributed by atoms with van der Waals surface area (Å²) in [4.78, 5) is 24.4. The zero-order valence-electron chi connectivity index (χ0n) is 21.4. The Morgan fingerprint density at radius 3 is 2.42 bits per heavy atom. The highest BCUT2D eigenvalue weighted by atomic mass is 16.5. The molecule has 0 heterocycles. The number of nitrogens with one attached hydrogen (secondary N) is 1. The van der Waals surface area contributed by atoms with Crippen LogP contribution in [0.25, 0.3) is 5.57 Å². The lowest BCUT2D eigenvalue weighted by atomic mass is 9.75. The SMILES string of the molecule is CCCCC(Cc1ccc(OCCNC(=O)C2(O)C(C)=CC(c3ccccc3)=CC2C)cc1)C(=O)O. The molecular weight excluding hydrogens is 454 g/mol. The molecule has 0 spiro atoms. The fourth-order valence-corrected chi connectivity index (χ4v) is 4.57. The van der Waals surface area contributed by atoms with Gasteiger partial charge in [-0.2, -0.15) is 0 Å². The second-order valence-corrected chi connectivity index (χ2v) is 9.50. The molecule has 36 heavy (non-hydrogen) atoms. The van der Waals surface area contributed by atoms with Crippen LogP contribution < -0.4 is 10.1 Å². The number of benzene rings is 2. The van der Waals surface area contributed by atoms with Gasteiger partial charge in [-0.3, -0.25) is 9.59 Å². The van der Waals surface area contributed by atoms with E-state index in [0.717, 1.165) is 29.5 Å². The molecule has 2 aromatic rings. The Balaban J connectivity index is 1.50. The van der Waals surface area contributed by atoms with E-state index in [1.165, 1.54) is 0 Å². The number of aliphatic carboxylic acids is 1. The molecule has 3 N–H and O–H groups in total. The van der Waals surface area contributed by atoms with Gasteiger partial charge in [-0.1, -0.05) is 81.3 Å². The second kappa shape index (κ2) is 12.5. The first kappa shape index (κ1) is 27.2. The molecule has 1 amide bonds. The minimum atomic E-state index is -1.61. The molecule has 0 saturated heterocycles. The lowest BCUT2D eigenvalue weighted by Crippen LogP contribution is -2.53. The van der Waals surface area contributed by atoms with E-state index in [9.17, 15) is 19.8 Å². The zero-order chi connectivity index (χ0) is 26.1. The molecule has 3 atom stereocenters. The van der Waals surface area contributed by atoms with Gasteiger partial charge in [-0.05, 0) is 54.2 Å². The first-order valence-electron chi connectivity index (χ1n) is 12.7. The number of hydrogen-bond donors (Lipinski definition) is 3. The van der Waals surface area contributed by atoms with Crippen LogP contribution in [0.15, 0.2) is 72.3 Å². The van der Waals surface area contributed by atoms with Crippen molar-refractivity contribution in [3.63, 3.8) is 0 Å². The van der Waals surface area contributed by atoms with Gasteiger partial charge in [0.2, 0.25) is 0 Å². The molecule has 3 rings (SSSR count). The molecule has 6 heteroatoms. The first-order chi connectivity index (χ1) is 17.3. The third-order valence-corrected chi connectivity index (χ3v) is 6.83. The fourth-order valence-electron chi connectivity index (χ4n) is 4.57. The van der Waals surface area contributed by atoms with E-state index in [1.54, 1.807) is 6.92 Å². The summed E-state index contributed by atoms with van der Waals surface area (Å²) in [5, 5.41) is 23.5. The second-order valence-electron chi connectivity index (χ2n) is 9.50. The van der Waals surface area contributed by atoms with E-state index in [-0.39, 0.29) is 19.1 Å². The average Bonchev–Trinajstić information content (AvgIpc) is 2.88. The van der Waals surface area contributed by atoms with Crippen LogP contribution in [0.1, 0.15) is 51.2 Å². The van der Waals surface area contributed by atoms with Crippen molar-refractivity contribution >= 4 is 17.4 Å². The highest BCUT2D eigenvalue weighted by molar-refractivity contribution is 5.92. The predicted octanol–water partition coefficient (Wildman–Crippen LogP) is 5.03. The van der Waals surface area contributed by atoms with Crippen LogP contribution in [0, 0.1) is 11.8 Å². The maximum Gasteiger partial charge on any atom is 0.306 e. The normalized spacial score (nSPS) is 20.2. The van der Waals surface area contributed by atoms with Crippen LogP contribution >= 0.6 is 0 Å². The van der Waals surface area contributed by atoms with Gasteiger partial charge in [0.05, 0.1) is 12.5 Å². The maximum absolute atomic E-state index is 12.9. The van der Waals surface area contributed by atoms with Crippen molar-refractivity contribution in [1.82, 2.24) is 5.32 Å². The van der Waals surface area contributed by atoms with Crippen LogP contribution in [-0.2, 0) is 16.0 Å². The number of carbonyl (C=O) groups excluding carboxylic acids is 1. The summed E-state index contributed by atoms with van der Waals surface area (Å²) in [5.41, 5.74) is 1.98. The molecule has 0 radical (unpaired) electrons. The van der Waals surface area contributed by atoms with Crippen LogP contribution in [0.4, 0.5) is 0 Å². The predicted molar refractivity (Wildman–Crippen MR) is 142 cm³/mol. The summed E-state index contributed by atoms with van der Waals surface area (Å²) < 4.78 is 5.74. The third-order valence-electron chi connectivity index (χ3n) is 6.83. The summed E-state index contributed by atoms with van der Waals surface area (Å²) in [6.07, 6.45) is 6.84. The van der Waals surface area contributed by atoms with Gasteiger partial charge in [0.15, 0.2) is 5.60 Å². The van der Waals surface area contributed by atoms with Gasteiger partial charge >= 0.3 is 5.97 Å². The number of aliphatic hydroxyl groups is 1. The van der Waals surface area contributed by atoms with Gasteiger partial charge in [0.1, 0.15) is 12.4 Å². The number of carboxylic acid groups (broad SMARTS) is 1. The van der Waals surface area contributed by atoms with E-state index < -0.39 is 23.4 Å². The van der Waals surface area contributed by atoms with Crippen LogP contribution in [0.5, 0.6) is 5.75 Å². The molecule has 1 aliphatic rings. The summed E-state index contributed by atoms with van der Waals surface area (Å²) in [5.74, 6) is -1.33. The highest BCUT2D eigenvalue weighted by Gasteiger charge is 2.44. The first-order valence-corrected chi connectivity index (χ1v) is 12.7. The highest BCUT2D eigenvalue weighted by Crippen LogP contribution is 2.36. The van der Waals surface area contributed by atoms with Crippen LogP contribution in [0.2, 0.25) is 0 Å². The number of hydrogen-bond acceptors (Lipinski definition) is 4. The van der Waals surface area contributed by atoms with E-state index in [1.807, 2.05) is 73.7 Å². The Kier molecular flexibility index (Phi) is 9.48. The van der Waals surface area contributed by atoms with Crippen molar-refractivity contribution in [1.29, 1.82) is 0 Å². The van der Waals surface area contributed by atoms with E-state index in [4.69, 9.17) is 4.74 Å². The van der Waals surface area contributed by atoms with Crippen molar-refractivity contribution in [2.24, 2.45) is 11.8 Å². The third kappa shape index (κ3) is 6.64. The number of allylic oxidation sites excluding steroid dienone is 2. The van der Waals surface area contributed by atoms with Crippen LogP contribution in [0.3, 0.4) is 0 Å². The molecule has 0 aliphatic heterocycles. The van der Waals surface area contributed by atoms with Gasteiger partial charge in [-0.15, -0.1) is 0 Å². The average molecular weight is 492 g/mol. The smallest absolute Gasteiger partial charge is 0.306 e. The van der Waals surface area contributed by atoms with Crippen molar-refractivity contribution < 1.29 is 24.5 Å². The van der Waals surface area contributed by atoms with Crippen LogP contribution in [-0.4, -0.2) is 40.8 Å². The van der Waals surface area contributed by atoms with E-state index >= 15 is 0 Å². The molecule has 3 unspecified atom stereocenters. The largest absolute Gasteiger partial charge is 0.492 e. The van der Waals surface area contributed by atoms with Gasteiger partial charge in [0, 0.05) is 5.92 Å². The molecule has 0 fully saturated rings. The molecule has 1 aliphatic carbocycles. The Labute approximate surface area is 213 Å². The number of ether oxygens (including phenoxy) is 1. The zero-order valence-corrected chi connectivity index (χ0v) is 21.4. The topological polar surface area (TPSA) is 95.9 Å². The van der Waals surface area contributed by atoms with Crippen molar-refractivity contribution in [3.8, 4) is 5.75 Å². The summed E-state index contributed by atoms with van der Waals surface area (Å²) in [6.45, 7) is 6.17. The molecule has 192 valence electrons. The lowest BCUT2D eigenvalue weighted by molar-refractivity contribution is -0.142. The van der Waals surface area contributed by atoms with Crippen molar-refractivity contribution in [3.05, 3.63) is 83.4 Å². The van der Waals surface area contributed by atoms with E-state index in [0.29, 0.717) is 24.2 Å². The monoisotopic (exact) mass is 491 g/mol. The minimum absolute atomic E-state index is 0.246. The molecule has 0 saturated carbocycles. The summed E-state index contributed by atoms with van der Waals surface area (Å²) in [6, 6.07) is 17.3. The number of unbranched alkanes of at least 4 members (excludes halogenated alkanes) is 1. The van der Waals surface area contributed by atoms with Gasteiger partial charge < -0.3 is 20.3 Å². The number of amides is 1. The number of carbonyl (C=O) groups is 2. The number of carboxylic acids is 1. The standard InChI is InChI=1S/C30H37NO5/c1-4-5-9-25(28(32)33)20-23-12-14-27(15-13-23)36-17-16-31-29(34)30(35)21(2)18-26(19-22(30)3)24-10-7-6-8-11-24/h6-8,10-15,18-19,21,25,35H,4-5,9,16-17,20H2,1-3H3,(H,31,34)(H,32,33). The molecular formula is C30H37NO5. The van der Waals surface area contributed by atoms with Crippen molar-refractivity contribution in [2.75, 3.05) is 13.2 Å². The van der Waals surface area contributed by atoms with Gasteiger partial charge in [0.25, 0.3) is 5.91 Å². The molecule has 0 aromatic heterocycles. The Morgan fingerprint density at radius 2 is 1.81 bits per heavy atom. The number of rotatable bonds is 12. The molecule has 0 bridgehead atoms. The van der Waals surface area contributed by atoms with Crippen molar-refractivity contribution in [2.45, 2.75) is 52.1 Å². The quantitative estimate of drug-likeness (QED) is 0.362. The lowest BCUT2D eigenvalue weighted by Gasteiger charge is -2.35. The van der Waals surface area contributed by atoms with Gasteiger partial charge in [-0.25, -0.2) is 0 Å². The minimum Gasteiger partial charge on any atom is -0.492 e. The Morgan fingerprint density at radius 1 is 1.11 bits per heavy atom. The Hall–Kier alpha value is -3.38. The summed E-state index contributed by atoms with van der Waals surface area (Å²) >= 11 is 0. The maximum atomic E-state index is 12.9.